The molecule has 1 rings (SSSR count). The highest BCUT2D eigenvalue weighted by molar-refractivity contribution is 6.30. The Labute approximate surface area is 110 Å². The van der Waals surface area contributed by atoms with Crippen molar-refractivity contribution < 1.29 is 0 Å². The number of benzene rings is 1. The van der Waals surface area contributed by atoms with Crippen LogP contribution in [0.25, 0.3) is 0 Å². The molecule has 0 saturated heterocycles. The average molecular weight is 255 g/mol. The maximum Gasteiger partial charge on any atom is 0.0460 e. The molecular formula is C14H23ClN2. The molecule has 96 valence electrons. The van der Waals surface area contributed by atoms with Crippen LogP contribution in [-0.4, -0.2) is 0 Å². The second kappa shape index (κ2) is 5.85. The smallest absolute Gasteiger partial charge is 0.0460 e. The summed E-state index contributed by atoms with van der Waals surface area (Å²) in [4.78, 5) is 0. The Bertz CT molecular complexity index is 349. The Morgan fingerprint density at radius 1 is 1.29 bits per heavy atom. The summed E-state index contributed by atoms with van der Waals surface area (Å²) in [6.07, 6.45) is 2.13. The van der Waals surface area contributed by atoms with Crippen LogP contribution in [0.3, 0.4) is 0 Å². The van der Waals surface area contributed by atoms with Crippen LogP contribution in [0.15, 0.2) is 18.2 Å². The third-order valence-corrected chi connectivity index (χ3v) is 3.07. The molecule has 1 aromatic carbocycles. The van der Waals surface area contributed by atoms with Gasteiger partial charge in [-0.25, -0.2) is 0 Å². The van der Waals surface area contributed by atoms with E-state index in [1.165, 1.54) is 11.1 Å². The molecule has 1 aromatic rings. The highest BCUT2D eigenvalue weighted by Gasteiger charge is 2.16. The topological polar surface area (TPSA) is 38.0 Å². The van der Waals surface area contributed by atoms with Crippen molar-refractivity contribution >= 4 is 11.6 Å². The number of aryl methyl sites for hydroxylation is 1. The van der Waals surface area contributed by atoms with Crippen LogP contribution < -0.4 is 11.3 Å². The second-order valence-corrected chi connectivity index (χ2v) is 6.32. The van der Waals surface area contributed by atoms with E-state index in [-0.39, 0.29) is 6.04 Å². The predicted octanol–water partition coefficient (Wildman–Crippen LogP) is 3.98. The Morgan fingerprint density at radius 2 is 1.94 bits per heavy atom. The molecule has 17 heavy (non-hydrogen) atoms. The SMILES string of the molecule is Cc1cc(Cl)cc(C(CCC(C)(C)C)NN)c1. The standard InChI is InChI=1S/C14H23ClN2/c1-10-7-11(9-12(15)8-10)13(17-16)5-6-14(2,3)4/h7-9,13,17H,5-6,16H2,1-4H3. The van der Waals surface area contributed by atoms with Gasteiger partial charge in [-0.15, -0.1) is 0 Å². The Morgan fingerprint density at radius 3 is 2.41 bits per heavy atom. The zero-order valence-corrected chi connectivity index (χ0v) is 11.9. The predicted molar refractivity (Wildman–Crippen MR) is 74.9 cm³/mol. The molecule has 0 aliphatic carbocycles. The van der Waals surface area contributed by atoms with Gasteiger partial charge in [-0.2, -0.15) is 0 Å². The molecule has 0 aliphatic rings. The van der Waals surface area contributed by atoms with Crippen LogP contribution in [0, 0.1) is 12.3 Å². The summed E-state index contributed by atoms with van der Waals surface area (Å²) in [5.74, 6) is 5.64. The van der Waals surface area contributed by atoms with Crippen LogP contribution in [0.1, 0.15) is 50.8 Å². The minimum atomic E-state index is 0.173. The van der Waals surface area contributed by atoms with Gasteiger partial charge in [-0.1, -0.05) is 38.4 Å². The van der Waals surface area contributed by atoms with Gasteiger partial charge in [0.1, 0.15) is 0 Å². The van der Waals surface area contributed by atoms with Gasteiger partial charge < -0.3 is 0 Å². The molecule has 0 heterocycles. The van der Waals surface area contributed by atoms with Gasteiger partial charge in [-0.05, 0) is 48.4 Å². The fourth-order valence-corrected chi connectivity index (χ4v) is 2.19. The van der Waals surface area contributed by atoms with Gasteiger partial charge in [0.2, 0.25) is 0 Å². The minimum Gasteiger partial charge on any atom is -0.271 e. The molecule has 0 saturated carbocycles. The number of hydrogen-bond donors (Lipinski definition) is 2. The fraction of sp³-hybridized carbons (Fsp3) is 0.571. The van der Waals surface area contributed by atoms with Gasteiger partial charge in [-0.3, -0.25) is 11.3 Å². The molecule has 0 fully saturated rings. The highest BCUT2D eigenvalue weighted by Crippen LogP contribution is 2.28. The zero-order chi connectivity index (χ0) is 13.1. The fourth-order valence-electron chi connectivity index (χ4n) is 1.89. The quantitative estimate of drug-likeness (QED) is 0.630. The molecular weight excluding hydrogens is 232 g/mol. The van der Waals surface area contributed by atoms with Crippen molar-refractivity contribution in [3.63, 3.8) is 0 Å². The van der Waals surface area contributed by atoms with Gasteiger partial charge in [0, 0.05) is 11.1 Å². The van der Waals surface area contributed by atoms with E-state index in [1.54, 1.807) is 0 Å². The first-order chi connectivity index (χ1) is 7.81. The number of nitrogens with two attached hydrogens (primary N) is 1. The van der Waals surface area contributed by atoms with E-state index in [2.05, 4.69) is 32.3 Å². The first kappa shape index (κ1) is 14.5. The van der Waals surface area contributed by atoms with Crippen LogP contribution in [0.4, 0.5) is 0 Å². The Hall–Kier alpha value is -0.570. The molecule has 0 radical (unpaired) electrons. The summed E-state index contributed by atoms with van der Waals surface area (Å²) in [6, 6.07) is 6.26. The molecule has 0 amide bonds. The van der Waals surface area contributed by atoms with E-state index in [1.807, 2.05) is 19.1 Å². The molecule has 1 unspecified atom stereocenters. The number of hydrogen-bond acceptors (Lipinski definition) is 2. The van der Waals surface area contributed by atoms with Crippen molar-refractivity contribution in [2.24, 2.45) is 11.3 Å². The lowest BCUT2D eigenvalue weighted by Crippen LogP contribution is -2.29. The van der Waals surface area contributed by atoms with Crippen LogP contribution in [0.5, 0.6) is 0 Å². The van der Waals surface area contributed by atoms with Crippen molar-refractivity contribution in [3.8, 4) is 0 Å². The molecule has 3 heteroatoms. The molecule has 3 N–H and O–H groups in total. The van der Waals surface area contributed by atoms with E-state index < -0.39 is 0 Å². The summed E-state index contributed by atoms with van der Waals surface area (Å²) in [7, 11) is 0. The minimum absolute atomic E-state index is 0.173. The van der Waals surface area contributed by atoms with Crippen LogP contribution in [-0.2, 0) is 0 Å². The monoisotopic (exact) mass is 254 g/mol. The first-order valence-corrected chi connectivity index (χ1v) is 6.43. The Kier molecular flexibility index (Phi) is 4.99. The van der Waals surface area contributed by atoms with Crippen molar-refractivity contribution in [2.75, 3.05) is 0 Å². The third kappa shape index (κ3) is 5.07. The molecule has 0 bridgehead atoms. The first-order valence-electron chi connectivity index (χ1n) is 6.05. The highest BCUT2D eigenvalue weighted by atomic mass is 35.5. The third-order valence-electron chi connectivity index (χ3n) is 2.85. The molecule has 0 aromatic heterocycles. The lowest BCUT2D eigenvalue weighted by molar-refractivity contribution is 0.333. The largest absolute Gasteiger partial charge is 0.271 e. The van der Waals surface area contributed by atoms with E-state index in [9.17, 15) is 0 Å². The number of nitrogens with one attached hydrogen (secondary N) is 1. The van der Waals surface area contributed by atoms with E-state index in [4.69, 9.17) is 17.4 Å². The maximum atomic E-state index is 6.07. The summed E-state index contributed by atoms with van der Waals surface area (Å²) in [5.41, 5.74) is 5.55. The number of halogens is 1. The summed E-state index contributed by atoms with van der Waals surface area (Å²) >= 11 is 6.07. The van der Waals surface area contributed by atoms with E-state index in [0.717, 1.165) is 17.9 Å². The van der Waals surface area contributed by atoms with Crippen LogP contribution in [0.2, 0.25) is 5.02 Å². The van der Waals surface area contributed by atoms with Crippen LogP contribution >= 0.6 is 11.6 Å². The molecule has 0 aliphatic heterocycles. The summed E-state index contributed by atoms with van der Waals surface area (Å²) in [5, 5.41) is 0.774. The molecule has 1 atom stereocenters. The summed E-state index contributed by atoms with van der Waals surface area (Å²) in [6.45, 7) is 8.77. The number of hydrazine groups is 1. The van der Waals surface area contributed by atoms with E-state index >= 15 is 0 Å². The van der Waals surface area contributed by atoms with Gasteiger partial charge in [0.05, 0.1) is 0 Å². The van der Waals surface area contributed by atoms with Gasteiger partial charge in [0.25, 0.3) is 0 Å². The average Bonchev–Trinajstić information content (AvgIpc) is 2.15. The van der Waals surface area contributed by atoms with Gasteiger partial charge in [0.15, 0.2) is 0 Å². The normalized spacial score (nSPS) is 13.8. The number of rotatable bonds is 4. The van der Waals surface area contributed by atoms with Crippen molar-refractivity contribution in [2.45, 2.75) is 46.6 Å². The Balaban J connectivity index is 2.79. The van der Waals surface area contributed by atoms with Crippen molar-refractivity contribution in [1.29, 1.82) is 0 Å². The molecule has 2 nitrogen and oxygen atoms in total. The second-order valence-electron chi connectivity index (χ2n) is 5.88. The lowest BCUT2D eigenvalue weighted by Gasteiger charge is -2.23. The van der Waals surface area contributed by atoms with Crippen molar-refractivity contribution in [3.05, 3.63) is 34.3 Å². The molecule has 0 spiro atoms. The van der Waals surface area contributed by atoms with E-state index in [0.29, 0.717) is 5.41 Å². The maximum absolute atomic E-state index is 6.07. The summed E-state index contributed by atoms with van der Waals surface area (Å²) < 4.78 is 0. The van der Waals surface area contributed by atoms with Crippen molar-refractivity contribution in [1.82, 2.24) is 5.43 Å². The van der Waals surface area contributed by atoms with Gasteiger partial charge >= 0.3 is 0 Å². The lowest BCUT2D eigenvalue weighted by atomic mass is 9.87. The zero-order valence-electron chi connectivity index (χ0n) is 11.2.